The summed E-state index contributed by atoms with van der Waals surface area (Å²) >= 11 is 0. The van der Waals surface area contributed by atoms with Crippen molar-refractivity contribution < 1.29 is 8.42 Å². The van der Waals surface area contributed by atoms with Crippen LogP contribution in [0.25, 0.3) is 5.65 Å². The highest BCUT2D eigenvalue weighted by Crippen LogP contribution is 2.31. The summed E-state index contributed by atoms with van der Waals surface area (Å²) in [4.78, 5) is 2.11. The lowest BCUT2D eigenvalue weighted by Crippen LogP contribution is -2.49. The molecule has 0 atom stereocenters. The third-order valence-corrected chi connectivity index (χ3v) is 6.67. The standard InChI is InChI=1S/C13H18N6O2S/c1-10-14-15-12-4-5-13(16-19(10)12)17-6-8-18(9-7-17)22(20,21)11-2-3-11/h4-5,11H,2-3,6-9H2,1H3. The molecule has 1 saturated carbocycles. The normalized spacial score (nSPS) is 20.7. The molecule has 1 aliphatic carbocycles. The average Bonchev–Trinajstić information content (AvgIpc) is 3.33. The molecule has 0 radical (unpaired) electrons. The molecule has 4 rings (SSSR count). The number of hydrogen-bond donors (Lipinski definition) is 0. The summed E-state index contributed by atoms with van der Waals surface area (Å²) in [5, 5.41) is 12.4. The van der Waals surface area contributed by atoms with E-state index >= 15 is 0 Å². The zero-order valence-corrected chi connectivity index (χ0v) is 13.2. The largest absolute Gasteiger partial charge is 0.353 e. The highest BCUT2D eigenvalue weighted by atomic mass is 32.2. The monoisotopic (exact) mass is 322 g/mol. The van der Waals surface area contributed by atoms with Crippen molar-refractivity contribution in [1.82, 2.24) is 24.1 Å². The predicted octanol–water partition coefficient (Wildman–Crippen LogP) is 0.0469. The molecule has 1 saturated heterocycles. The molecule has 3 heterocycles. The molecule has 118 valence electrons. The van der Waals surface area contributed by atoms with Gasteiger partial charge in [-0.15, -0.1) is 15.3 Å². The van der Waals surface area contributed by atoms with Gasteiger partial charge in [0.2, 0.25) is 10.0 Å². The minimum atomic E-state index is -3.07. The number of aromatic nitrogens is 4. The van der Waals surface area contributed by atoms with Gasteiger partial charge in [-0.25, -0.2) is 8.42 Å². The Balaban J connectivity index is 1.51. The maximum atomic E-state index is 12.2. The van der Waals surface area contributed by atoms with Crippen molar-refractivity contribution in [1.29, 1.82) is 0 Å². The van der Waals surface area contributed by atoms with Crippen LogP contribution in [0.1, 0.15) is 18.7 Å². The molecule has 0 spiro atoms. The van der Waals surface area contributed by atoms with Crippen LogP contribution in [-0.4, -0.2) is 64.0 Å². The second-order valence-corrected chi connectivity index (χ2v) is 8.05. The van der Waals surface area contributed by atoms with Gasteiger partial charge in [0.25, 0.3) is 0 Å². The summed E-state index contributed by atoms with van der Waals surface area (Å²) < 4.78 is 27.8. The molecule has 2 aromatic heterocycles. The number of piperazine rings is 1. The molecule has 1 aliphatic heterocycles. The molecule has 8 nitrogen and oxygen atoms in total. The quantitative estimate of drug-likeness (QED) is 0.794. The summed E-state index contributed by atoms with van der Waals surface area (Å²) in [6, 6.07) is 3.80. The van der Waals surface area contributed by atoms with Crippen LogP contribution in [-0.2, 0) is 10.0 Å². The van der Waals surface area contributed by atoms with Crippen LogP contribution in [0.4, 0.5) is 5.82 Å². The van der Waals surface area contributed by atoms with Crippen LogP contribution in [0.15, 0.2) is 12.1 Å². The maximum Gasteiger partial charge on any atom is 0.217 e. The van der Waals surface area contributed by atoms with Gasteiger partial charge in [0.1, 0.15) is 5.82 Å². The van der Waals surface area contributed by atoms with Crippen LogP contribution in [0.2, 0.25) is 0 Å². The topological polar surface area (TPSA) is 83.7 Å². The van der Waals surface area contributed by atoms with E-state index in [4.69, 9.17) is 0 Å². The molecular weight excluding hydrogens is 304 g/mol. The van der Waals surface area contributed by atoms with Gasteiger partial charge in [-0.2, -0.15) is 8.82 Å². The van der Waals surface area contributed by atoms with Crippen LogP contribution >= 0.6 is 0 Å². The molecule has 9 heteroatoms. The number of fused-ring (bicyclic) bond motifs is 1. The summed E-state index contributed by atoms with van der Waals surface area (Å²) in [6.07, 6.45) is 1.63. The van der Waals surface area contributed by atoms with E-state index in [1.807, 2.05) is 19.1 Å². The van der Waals surface area contributed by atoms with E-state index in [0.29, 0.717) is 26.2 Å². The van der Waals surface area contributed by atoms with Gasteiger partial charge in [0.15, 0.2) is 11.5 Å². The molecule has 0 unspecified atom stereocenters. The summed E-state index contributed by atoms with van der Waals surface area (Å²) in [7, 11) is -3.07. The average molecular weight is 322 g/mol. The van der Waals surface area contributed by atoms with Gasteiger partial charge in [0.05, 0.1) is 5.25 Å². The summed E-state index contributed by atoms with van der Waals surface area (Å²) in [6.45, 7) is 4.23. The number of anilines is 1. The number of sulfonamides is 1. The van der Waals surface area contributed by atoms with E-state index < -0.39 is 10.0 Å². The highest BCUT2D eigenvalue weighted by molar-refractivity contribution is 7.90. The minimum absolute atomic E-state index is 0.131. The van der Waals surface area contributed by atoms with Crippen LogP contribution in [0.5, 0.6) is 0 Å². The summed E-state index contributed by atoms with van der Waals surface area (Å²) in [5.74, 6) is 1.57. The number of aryl methyl sites for hydroxylation is 1. The van der Waals surface area contributed by atoms with E-state index in [0.717, 1.165) is 30.1 Å². The van der Waals surface area contributed by atoms with Crippen molar-refractivity contribution in [3.05, 3.63) is 18.0 Å². The molecule has 2 fully saturated rings. The van der Waals surface area contributed by atoms with Gasteiger partial charge >= 0.3 is 0 Å². The van der Waals surface area contributed by atoms with Crippen molar-refractivity contribution in [2.75, 3.05) is 31.1 Å². The van der Waals surface area contributed by atoms with Crippen LogP contribution < -0.4 is 4.90 Å². The van der Waals surface area contributed by atoms with Gasteiger partial charge in [-0.05, 0) is 31.9 Å². The van der Waals surface area contributed by atoms with Gasteiger partial charge < -0.3 is 4.90 Å². The molecule has 2 aromatic rings. The van der Waals surface area contributed by atoms with E-state index in [1.165, 1.54) is 0 Å². The maximum absolute atomic E-state index is 12.2. The van der Waals surface area contributed by atoms with E-state index in [-0.39, 0.29) is 5.25 Å². The fourth-order valence-corrected chi connectivity index (χ4v) is 4.63. The van der Waals surface area contributed by atoms with Gasteiger partial charge in [-0.1, -0.05) is 0 Å². The molecule has 2 aliphatic rings. The lowest BCUT2D eigenvalue weighted by Gasteiger charge is -2.34. The minimum Gasteiger partial charge on any atom is -0.353 e. The zero-order valence-electron chi connectivity index (χ0n) is 12.4. The molecule has 22 heavy (non-hydrogen) atoms. The lowest BCUT2D eigenvalue weighted by atomic mass is 10.3. The fraction of sp³-hybridized carbons (Fsp3) is 0.615. The van der Waals surface area contributed by atoms with E-state index in [1.54, 1.807) is 8.82 Å². The second-order valence-electron chi connectivity index (χ2n) is 5.84. The zero-order chi connectivity index (χ0) is 15.3. The number of nitrogens with zero attached hydrogens (tertiary/aromatic N) is 6. The third kappa shape index (κ3) is 2.24. The Hall–Kier alpha value is -1.74. The summed E-state index contributed by atoms with van der Waals surface area (Å²) in [5.41, 5.74) is 0.719. The Kier molecular flexibility index (Phi) is 3.08. The van der Waals surface area contributed by atoms with E-state index in [9.17, 15) is 8.42 Å². The van der Waals surface area contributed by atoms with Crippen molar-refractivity contribution in [3.63, 3.8) is 0 Å². The predicted molar refractivity (Wildman–Crippen MR) is 81.2 cm³/mol. The molecule has 0 bridgehead atoms. The smallest absolute Gasteiger partial charge is 0.217 e. The lowest BCUT2D eigenvalue weighted by molar-refractivity contribution is 0.382. The second kappa shape index (κ2) is 4.88. The van der Waals surface area contributed by atoms with E-state index in [2.05, 4.69) is 20.2 Å². The molecule has 0 amide bonds. The Morgan fingerprint density at radius 2 is 1.82 bits per heavy atom. The van der Waals surface area contributed by atoms with Crippen molar-refractivity contribution in [2.45, 2.75) is 25.0 Å². The first-order valence-electron chi connectivity index (χ1n) is 7.49. The van der Waals surface area contributed by atoms with Crippen molar-refractivity contribution in [2.24, 2.45) is 0 Å². The Labute approximate surface area is 128 Å². The molecule has 0 N–H and O–H groups in total. The highest BCUT2D eigenvalue weighted by Gasteiger charge is 2.41. The SMILES string of the molecule is Cc1nnc2ccc(N3CCN(S(=O)(=O)C4CC4)CC3)nn12. The number of rotatable bonds is 3. The van der Waals surface area contributed by atoms with Crippen molar-refractivity contribution >= 4 is 21.5 Å². The molecule has 0 aromatic carbocycles. The fourth-order valence-electron chi connectivity index (χ4n) is 2.80. The van der Waals surface area contributed by atoms with Crippen molar-refractivity contribution in [3.8, 4) is 0 Å². The first kappa shape index (κ1) is 13.9. The first-order valence-corrected chi connectivity index (χ1v) is 8.99. The van der Waals surface area contributed by atoms with Crippen LogP contribution in [0.3, 0.4) is 0 Å². The Morgan fingerprint density at radius 3 is 2.50 bits per heavy atom. The van der Waals surface area contributed by atoms with Crippen LogP contribution in [0, 0.1) is 6.92 Å². The van der Waals surface area contributed by atoms with Gasteiger partial charge in [0, 0.05) is 26.2 Å². The third-order valence-electron chi connectivity index (χ3n) is 4.27. The van der Waals surface area contributed by atoms with Gasteiger partial charge in [-0.3, -0.25) is 0 Å². The molecular formula is C13H18N6O2S. The first-order chi connectivity index (χ1) is 10.6. The number of hydrogen-bond acceptors (Lipinski definition) is 6. The Morgan fingerprint density at radius 1 is 1.09 bits per heavy atom. The Bertz CT molecular complexity index is 805.